The molecule has 0 atom stereocenters. The van der Waals surface area contributed by atoms with Crippen molar-refractivity contribution in [1.29, 1.82) is 0 Å². The molecule has 3 rings (SSSR count). The fourth-order valence-corrected chi connectivity index (χ4v) is 3.85. The molecule has 0 fully saturated rings. The van der Waals surface area contributed by atoms with Crippen molar-refractivity contribution in [3.8, 4) is 0 Å². The Hall–Kier alpha value is -3.18. The maximum absolute atomic E-state index is 11.4. The molecular weight excluding hydrogens is 464 g/mol. The second-order valence-electron chi connectivity index (χ2n) is 7.57. The zero-order valence-electron chi connectivity index (χ0n) is 18.2. The number of nitrogens with zero attached hydrogens (tertiary/aromatic N) is 2. The number of halogens is 1. The molecule has 0 amide bonds. The lowest BCUT2D eigenvalue weighted by Gasteiger charge is -2.27. The second kappa shape index (κ2) is 11.4. The van der Waals surface area contributed by atoms with E-state index in [0.717, 1.165) is 33.4 Å². The Labute approximate surface area is 198 Å². The highest BCUT2D eigenvalue weighted by atomic mass is 79.9. The highest BCUT2D eigenvalue weighted by Crippen LogP contribution is 2.22. The van der Waals surface area contributed by atoms with Crippen molar-refractivity contribution in [2.24, 2.45) is 4.99 Å². The number of benzene rings is 3. The number of amidine groups is 1. The van der Waals surface area contributed by atoms with Crippen molar-refractivity contribution in [3.05, 3.63) is 112 Å². The average molecular weight is 491 g/mol. The summed E-state index contributed by atoms with van der Waals surface area (Å²) in [6, 6.07) is 26.1. The van der Waals surface area contributed by atoms with Gasteiger partial charge in [0.25, 0.3) is 0 Å². The van der Waals surface area contributed by atoms with E-state index < -0.39 is 5.97 Å². The van der Waals surface area contributed by atoms with Crippen LogP contribution in [0.5, 0.6) is 0 Å². The lowest BCUT2D eigenvalue weighted by molar-refractivity contribution is -0.137. The molecule has 0 radical (unpaired) electrons. The lowest BCUT2D eigenvalue weighted by atomic mass is 10.1. The minimum absolute atomic E-state index is 0.0308. The normalized spacial score (nSPS) is 11.2. The molecule has 0 aliphatic rings. The number of hydrogen-bond acceptors (Lipinski definition) is 2. The van der Waals surface area contributed by atoms with Gasteiger partial charge in [-0.05, 0) is 36.6 Å². The van der Waals surface area contributed by atoms with E-state index in [9.17, 15) is 9.90 Å². The van der Waals surface area contributed by atoms with Crippen LogP contribution in [0.4, 0.5) is 0 Å². The monoisotopic (exact) mass is 490 g/mol. The molecule has 0 saturated heterocycles. The highest BCUT2D eigenvalue weighted by molar-refractivity contribution is 9.10. The van der Waals surface area contributed by atoms with Crippen LogP contribution in [0.25, 0.3) is 5.70 Å². The first-order valence-electron chi connectivity index (χ1n) is 10.5. The maximum Gasteiger partial charge on any atom is 0.305 e. The fraction of sp³-hybridized carbons (Fsp3) is 0.185. The summed E-state index contributed by atoms with van der Waals surface area (Å²) in [5, 5.41) is 9.36. The molecule has 0 aromatic heterocycles. The summed E-state index contributed by atoms with van der Waals surface area (Å²) in [4.78, 5) is 18.4. The third-order valence-electron chi connectivity index (χ3n) is 5.19. The van der Waals surface area contributed by atoms with Gasteiger partial charge in [0.1, 0.15) is 5.84 Å². The van der Waals surface area contributed by atoms with E-state index >= 15 is 0 Å². The molecule has 3 aromatic carbocycles. The summed E-state index contributed by atoms with van der Waals surface area (Å²) in [6.45, 7) is 7.26. The predicted octanol–water partition coefficient (Wildman–Crippen LogP) is 6.19. The van der Waals surface area contributed by atoms with Crippen LogP contribution in [0.15, 0.2) is 94.9 Å². The zero-order valence-corrected chi connectivity index (χ0v) is 19.8. The van der Waals surface area contributed by atoms with E-state index in [2.05, 4.69) is 39.5 Å². The lowest BCUT2D eigenvalue weighted by Crippen LogP contribution is -2.36. The van der Waals surface area contributed by atoms with Gasteiger partial charge in [0.15, 0.2) is 0 Å². The largest absolute Gasteiger partial charge is 0.481 e. The van der Waals surface area contributed by atoms with Crippen LogP contribution < -0.4 is 0 Å². The van der Waals surface area contributed by atoms with Crippen molar-refractivity contribution in [2.75, 3.05) is 13.1 Å². The Balaban J connectivity index is 2.00. The van der Waals surface area contributed by atoms with Crippen molar-refractivity contribution in [2.45, 2.75) is 19.8 Å². The number of carbonyl (C=O) groups is 1. The number of aliphatic carboxylic acids is 1. The van der Waals surface area contributed by atoms with Crippen molar-refractivity contribution in [1.82, 2.24) is 4.90 Å². The third-order valence-corrected chi connectivity index (χ3v) is 5.69. The van der Waals surface area contributed by atoms with Crippen LogP contribution >= 0.6 is 15.9 Å². The van der Waals surface area contributed by atoms with Crippen molar-refractivity contribution in [3.63, 3.8) is 0 Å². The van der Waals surface area contributed by atoms with Crippen LogP contribution in [0.3, 0.4) is 0 Å². The Kier molecular flexibility index (Phi) is 8.40. The molecule has 3 aromatic rings. The van der Waals surface area contributed by atoms with Gasteiger partial charge in [0.05, 0.1) is 12.1 Å². The van der Waals surface area contributed by atoms with E-state index in [-0.39, 0.29) is 6.42 Å². The molecule has 4 nitrogen and oxygen atoms in total. The number of rotatable bonds is 9. The molecule has 0 saturated carbocycles. The Morgan fingerprint density at radius 3 is 2.41 bits per heavy atom. The van der Waals surface area contributed by atoms with E-state index in [0.29, 0.717) is 18.8 Å². The number of carboxylic acid groups (broad SMARTS) is 1. The summed E-state index contributed by atoms with van der Waals surface area (Å²) in [7, 11) is 0. The molecule has 0 bridgehead atoms. The number of hydrogen-bond donors (Lipinski definition) is 1. The number of aryl methyl sites for hydroxylation is 1. The SMILES string of the molecule is C=C(N=C(c1ccccc1C)N(CCC(=O)O)CCc1ccccc1)c1cccc(Br)c1. The Bertz CT molecular complexity index is 1110. The first-order chi connectivity index (χ1) is 15.4. The summed E-state index contributed by atoms with van der Waals surface area (Å²) in [6.07, 6.45) is 0.817. The van der Waals surface area contributed by atoms with E-state index in [1.54, 1.807) is 0 Å². The van der Waals surface area contributed by atoms with Gasteiger partial charge in [-0.3, -0.25) is 4.79 Å². The van der Waals surface area contributed by atoms with Gasteiger partial charge in [-0.2, -0.15) is 0 Å². The molecule has 0 aliphatic carbocycles. The van der Waals surface area contributed by atoms with Gasteiger partial charge in [-0.15, -0.1) is 0 Å². The minimum Gasteiger partial charge on any atom is -0.481 e. The highest BCUT2D eigenvalue weighted by Gasteiger charge is 2.18. The van der Waals surface area contributed by atoms with Crippen molar-refractivity contribution < 1.29 is 9.90 Å². The molecule has 32 heavy (non-hydrogen) atoms. The molecular formula is C27H27BrN2O2. The molecule has 0 spiro atoms. The van der Waals surface area contributed by atoms with E-state index in [4.69, 9.17) is 4.99 Å². The molecule has 0 heterocycles. The minimum atomic E-state index is -0.829. The second-order valence-corrected chi connectivity index (χ2v) is 8.49. The Morgan fingerprint density at radius 2 is 1.72 bits per heavy atom. The van der Waals surface area contributed by atoms with E-state index in [1.807, 2.05) is 73.7 Å². The third kappa shape index (κ3) is 6.66. The van der Waals surface area contributed by atoms with Crippen LogP contribution in [0.1, 0.15) is 28.7 Å². The average Bonchev–Trinajstić information content (AvgIpc) is 2.79. The Morgan fingerprint density at radius 1 is 1.00 bits per heavy atom. The maximum atomic E-state index is 11.4. The smallest absolute Gasteiger partial charge is 0.305 e. The van der Waals surface area contributed by atoms with E-state index in [1.165, 1.54) is 5.56 Å². The van der Waals surface area contributed by atoms with Gasteiger partial charge in [-0.1, -0.05) is 89.2 Å². The standard InChI is InChI=1S/C27H27BrN2O2/c1-20-9-6-7-14-25(20)27(29-21(2)23-12-8-13-24(28)19-23)30(18-16-26(31)32)17-15-22-10-4-3-5-11-22/h3-14,19H,2,15-18H2,1H3,(H,31,32). The zero-order chi connectivity index (χ0) is 22.9. The number of carboxylic acids is 1. The first kappa shape index (κ1) is 23.5. The molecule has 0 unspecified atom stereocenters. The molecule has 1 N–H and O–H groups in total. The van der Waals surface area contributed by atoms with Crippen LogP contribution in [-0.4, -0.2) is 34.9 Å². The summed E-state index contributed by atoms with van der Waals surface area (Å²) in [5.74, 6) is -0.0880. The topological polar surface area (TPSA) is 52.9 Å². The fourth-order valence-electron chi connectivity index (χ4n) is 3.45. The van der Waals surface area contributed by atoms with Crippen molar-refractivity contribution >= 4 is 33.4 Å². The molecule has 0 aliphatic heterocycles. The van der Waals surface area contributed by atoms with Gasteiger partial charge in [0, 0.05) is 28.7 Å². The first-order valence-corrected chi connectivity index (χ1v) is 11.3. The predicted molar refractivity (Wildman–Crippen MR) is 135 cm³/mol. The van der Waals surface area contributed by atoms with Gasteiger partial charge in [0.2, 0.25) is 0 Å². The van der Waals surface area contributed by atoms with Gasteiger partial charge >= 0.3 is 5.97 Å². The van der Waals surface area contributed by atoms with Gasteiger partial charge < -0.3 is 10.0 Å². The number of aliphatic imine (C=N–C) groups is 1. The van der Waals surface area contributed by atoms with Crippen LogP contribution in [0.2, 0.25) is 0 Å². The summed E-state index contributed by atoms with van der Waals surface area (Å²) < 4.78 is 0.954. The molecule has 164 valence electrons. The molecule has 5 heteroatoms. The summed E-state index contributed by atoms with van der Waals surface area (Å²) in [5.41, 5.74) is 4.79. The quantitative estimate of drug-likeness (QED) is 0.287. The van der Waals surface area contributed by atoms with Crippen LogP contribution in [-0.2, 0) is 11.2 Å². The summed E-state index contributed by atoms with van der Waals surface area (Å²) >= 11 is 3.51. The van der Waals surface area contributed by atoms with Crippen LogP contribution in [0, 0.1) is 6.92 Å². The van der Waals surface area contributed by atoms with Gasteiger partial charge in [-0.25, -0.2) is 4.99 Å².